The number of benzene rings is 1. The van der Waals surface area contributed by atoms with Crippen LogP contribution in [0, 0.1) is 18.2 Å². The molecule has 12 nitrogen and oxygen atoms in total. The number of hydrogen-bond acceptors (Lipinski definition) is 10. The van der Waals surface area contributed by atoms with E-state index in [4.69, 9.17) is 41.1 Å². The molecule has 15 heteroatoms. The molecule has 0 spiro atoms. The molecular weight excluding hydrogens is 550 g/mol. The van der Waals surface area contributed by atoms with E-state index in [-0.39, 0.29) is 5.75 Å². The summed E-state index contributed by atoms with van der Waals surface area (Å²) < 4.78 is 54.7. The van der Waals surface area contributed by atoms with Crippen LogP contribution in [-0.2, 0) is 27.9 Å². The summed E-state index contributed by atoms with van der Waals surface area (Å²) in [5, 5.41) is 10.8. The van der Waals surface area contributed by atoms with Crippen molar-refractivity contribution in [2.24, 2.45) is 0 Å². The lowest BCUT2D eigenvalue weighted by Gasteiger charge is -2.25. The van der Waals surface area contributed by atoms with Crippen LogP contribution < -0.4 is 15.8 Å². The standard InChI is InChI=1S/C23H25ClFN2O10P/c1-5-23(24)18(28)17(35-21(23)27-11-16(25)19(29)26-22(27)31)12-33-38(32,37-15-9-7-6-8-10-15)36-14(4)20(30)34-13(2)3/h1,6-11,13-14,17-18,21,28H,12H2,2-4H3,(H,26,29,31)/t14-,17+,18-,21+,23?,38-/m0/s1. The summed E-state index contributed by atoms with van der Waals surface area (Å²) in [5.41, 5.74) is -2.40. The Labute approximate surface area is 221 Å². The normalized spacial score (nSPS) is 25.4. The predicted octanol–water partition coefficient (Wildman–Crippen LogP) is 2.11. The molecule has 2 heterocycles. The number of para-hydroxylation sites is 1. The third kappa shape index (κ3) is 6.53. The van der Waals surface area contributed by atoms with Crippen molar-refractivity contribution in [3.63, 3.8) is 0 Å². The second-order valence-corrected chi connectivity index (χ2v) is 10.6. The molecule has 2 aromatic rings. The van der Waals surface area contributed by atoms with Crippen molar-refractivity contribution < 1.29 is 41.9 Å². The van der Waals surface area contributed by atoms with E-state index < -0.39 is 73.0 Å². The smallest absolute Gasteiger partial charge is 0.461 e. The molecular formula is C23H25ClFN2O10P. The van der Waals surface area contributed by atoms with Gasteiger partial charge in [0.05, 0.1) is 18.9 Å². The number of alkyl halides is 1. The average molecular weight is 575 g/mol. The van der Waals surface area contributed by atoms with Crippen molar-refractivity contribution in [3.05, 3.63) is 63.2 Å². The molecule has 1 aromatic carbocycles. The molecule has 1 aliphatic rings. The van der Waals surface area contributed by atoms with Crippen molar-refractivity contribution in [1.29, 1.82) is 0 Å². The molecule has 1 aliphatic heterocycles. The van der Waals surface area contributed by atoms with Gasteiger partial charge < -0.3 is 19.1 Å². The molecule has 206 valence electrons. The Kier molecular flexibility index (Phi) is 9.20. The minimum absolute atomic E-state index is 0.0663. The summed E-state index contributed by atoms with van der Waals surface area (Å²) in [4.78, 5) is 35.5. The number of rotatable bonds is 10. The van der Waals surface area contributed by atoms with Gasteiger partial charge in [-0.25, -0.2) is 14.2 Å². The number of ether oxygens (including phenoxy) is 2. The molecule has 38 heavy (non-hydrogen) atoms. The van der Waals surface area contributed by atoms with Gasteiger partial charge in [0.25, 0.3) is 5.56 Å². The van der Waals surface area contributed by atoms with Gasteiger partial charge in [-0.1, -0.05) is 35.7 Å². The van der Waals surface area contributed by atoms with E-state index in [9.17, 15) is 28.4 Å². The number of aliphatic hydroxyl groups is 1. The van der Waals surface area contributed by atoms with Gasteiger partial charge in [0.2, 0.25) is 5.82 Å². The maximum absolute atomic E-state index is 13.9. The van der Waals surface area contributed by atoms with E-state index in [1.165, 1.54) is 19.1 Å². The van der Waals surface area contributed by atoms with Crippen LogP contribution in [0.2, 0.25) is 0 Å². The largest absolute Gasteiger partial charge is 0.530 e. The fourth-order valence-corrected chi connectivity index (χ4v) is 5.00. The number of H-pyrrole nitrogens is 1. The Morgan fingerprint density at radius 1 is 1.34 bits per heavy atom. The molecule has 1 saturated heterocycles. The van der Waals surface area contributed by atoms with Crippen molar-refractivity contribution in [2.45, 2.75) is 56.3 Å². The van der Waals surface area contributed by atoms with Crippen LogP contribution in [0.3, 0.4) is 0 Å². The minimum atomic E-state index is -4.60. The molecule has 3 rings (SSSR count). The van der Waals surface area contributed by atoms with E-state index in [1.807, 2.05) is 0 Å². The second-order valence-electron chi connectivity index (χ2n) is 8.41. The van der Waals surface area contributed by atoms with E-state index in [2.05, 4.69) is 5.92 Å². The van der Waals surface area contributed by atoms with Crippen LogP contribution in [-0.4, -0.2) is 56.5 Å². The van der Waals surface area contributed by atoms with E-state index in [1.54, 1.807) is 37.0 Å². The first kappa shape index (κ1) is 29.6. The van der Waals surface area contributed by atoms with Gasteiger partial charge in [-0.15, -0.1) is 6.42 Å². The van der Waals surface area contributed by atoms with Crippen LogP contribution in [0.5, 0.6) is 5.75 Å². The average Bonchev–Trinajstić information content (AvgIpc) is 3.10. The summed E-state index contributed by atoms with van der Waals surface area (Å²) in [7, 11) is -4.60. The topological polar surface area (TPSA) is 155 Å². The van der Waals surface area contributed by atoms with E-state index in [0.717, 1.165) is 0 Å². The predicted molar refractivity (Wildman–Crippen MR) is 131 cm³/mol. The molecule has 0 bridgehead atoms. The fourth-order valence-electron chi connectivity index (χ4n) is 3.36. The lowest BCUT2D eigenvalue weighted by molar-refractivity contribution is -0.156. The molecule has 0 amide bonds. The number of phosphoric acid groups is 1. The number of esters is 1. The quantitative estimate of drug-likeness (QED) is 0.186. The first-order valence-corrected chi connectivity index (χ1v) is 13.0. The number of aromatic amines is 1. The van der Waals surface area contributed by atoms with Crippen LogP contribution in [0.4, 0.5) is 4.39 Å². The van der Waals surface area contributed by atoms with E-state index in [0.29, 0.717) is 10.8 Å². The molecule has 0 aliphatic carbocycles. The Hall–Kier alpha value is -2.98. The lowest BCUT2D eigenvalue weighted by Crippen LogP contribution is -2.44. The Bertz CT molecular complexity index is 1360. The molecule has 1 aromatic heterocycles. The van der Waals surface area contributed by atoms with Crippen molar-refractivity contribution in [3.8, 4) is 18.1 Å². The second kappa shape index (κ2) is 11.8. The highest BCUT2D eigenvalue weighted by Crippen LogP contribution is 2.52. The Morgan fingerprint density at radius 3 is 2.61 bits per heavy atom. The summed E-state index contributed by atoms with van der Waals surface area (Å²) in [6.07, 6.45) is -0.750. The number of hydrogen-bond donors (Lipinski definition) is 2. The summed E-state index contributed by atoms with van der Waals surface area (Å²) in [6, 6.07) is 7.74. The molecule has 0 radical (unpaired) electrons. The maximum Gasteiger partial charge on any atom is 0.530 e. The Morgan fingerprint density at radius 2 is 2.00 bits per heavy atom. The lowest BCUT2D eigenvalue weighted by atomic mass is 9.99. The molecule has 2 N–H and O–H groups in total. The zero-order valence-corrected chi connectivity index (χ0v) is 22.1. The third-order valence-corrected chi connectivity index (χ3v) is 7.17. The van der Waals surface area contributed by atoms with Gasteiger partial charge in [-0.2, -0.15) is 4.39 Å². The van der Waals surface area contributed by atoms with Gasteiger partial charge in [0, 0.05) is 0 Å². The zero-order chi connectivity index (χ0) is 28.3. The number of aliphatic hydroxyl groups excluding tert-OH is 1. The summed E-state index contributed by atoms with van der Waals surface area (Å²) >= 11 is 6.39. The monoisotopic (exact) mass is 574 g/mol. The van der Waals surface area contributed by atoms with Crippen LogP contribution in [0.15, 0.2) is 46.1 Å². The fraction of sp³-hybridized carbons (Fsp3) is 0.435. The van der Waals surface area contributed by atoms with Gasteiger partial charge >= 0.3 is 19.5 Å². The Balaban J connectivity index is 1.86. The highest BCUT2D eigenvalue weighted by molar-refractivity contribution is 7.49. The maximum atomic E-state index is 13.9. The number of carbonyl (C=O) groups excluding carboxylic acids is 1. The SMILES string of the molecule is C#CC1(Cl)[C@@H](O)[C@@H](CO[P@](=O)(Oc2ccccc2)O[C@@H](C)C(=O)OC(C)C)O[C@H]1n1cc(F)c(=O)[nH]c1=O. The number of phosphoric ester groups is 1. The van der Waals surface area contributed by atoms with Crippen molar-refractivity contribution in [2.75, 3.05) is 6.61 Å². The van der Waals surface area contributed by atoms with Crippen LogP contribution >= 0.6 is 19.4 Å². The first-order valence-electron chi connectivity index (χ1n) is 11.2. The molecule has 1 unspecified atom stereocenters. The minimum Gasteiger partial charge on any atom is -0.461 e. The summed E-state index contributed by atoms with van der Waals surface area (Å²) in [5.74, 6) is -0.0149. The number of nitrogens with one attached hydrogen (secondary N) is 1. The zero-order valence-electron chi connectivity index (χ0n) is 20.4. The molecule has 0 saturated carbocycles. The summed E-state index contributed by atoms with van der Waals surface area (Å²) in [6.45, 7) is 3.76. The number of halogens is 2. The molecule has 6 atom stereocenters. The van der Waals surface area contributed by atoms with Crippen molar-refractivity contribution in [1.82, 2.24) is 9.55 Å². The van der Waals surface area contributed by atoms with Crippen LogP contribution in [0.1, 0.15) is 27.0 Å². The van der Waals surface area contributed by atoms with Gasteiger partial charge in [-0.05, 0) is 32.9 Å². The van der Waals surface area contributed by atoms with Crippen LogP contribution in [0.25, 0.3) is 0 Å². The third-order valence-electron chi connectivity index (χ3n) is 5.17. The number of nitrogens with zero attached hydrogens (tertiary/aromatic N) is 1. The highest BCUT2D eigenvalue weighted by atomic mass is 35.5. The highest BCUT2D eigenvalue weighted by Gasteiger charge is 2.56. The molecule has 1 fully saturated rings. The van der Waals surface area contributed by atoms with Gasteiger partial charge in [0.15, 0.2) is 17.2 Å². The van der Waals surface area contributed by atoms with Crippen molar-refractivity contribution >= 4 is 25.4 Å². The number of aromatic nitrogens is 2. The van der Waals surface area contributed by atoms with Gasteiger partial charge in [0.1, 0.15) is 18.0 Å². The number of terminal acetylenes is 1. The first-order chi connectivity index (χ1) is 17.8. The number of carbonyl (C=O) groups is 1. The van der Waals surface area contributed by atoms with Gasteiger partial charge in [-0.3, -0.25) is 23.4 Å². The van der Waals surface area contributed by atoms with E-state index >= 15 is 0 Å².